The van der Waals surface area contributed by atoms with E-state index in [9.17, 15) is 4.79 Å². The first-order valence-electron chi connectivity index (χ1n) is 7.01. The molecule has 0 unspecified atom stereocenters. The van der Waals surface area contributed by atoms with Gasteiger partial charge < -0.3 is 15.4 Å². The van der Waals surface area contributed by atoms with Crippen molar-refractivity contribution >= 4 is 5.91 Å². The molecule has 4 heteroatoms. The highest BCUT2D eigenvalue weighted by molar-refractivity contribution is 5.82. The van der Waals surface area contributed by atoms with Crippen molar-refractivity contribution in [3.63, 3.8) is 0 Å². The van der Waals surface area contributed by atoms with Crippen molar-refractivity contribution in [1.82, 2.24) is 10.6 Å². The Morgan fingerprint density at radius 2 is 1.95 bits per heavy atom. The standard InChI is InChI=1S/C15H20N2O2/c18-15(17-13-5-7-19-8-6-13)14-9-11-3-1-2-4-12(11)10-16-14/h1-4,13-14,16H,5-10H2,(H,17,18)/t14-/m1/s1. The highest BCUT2D eigenvalue weighted by Gasteiger charge is 2.26. The lowest BCUT2D eigenvalue weighted by Crippen LogP contribution is -2.51. The third-order valence-corrected chi connectivity index (χ3v) is 3.97. The van der Waals surface area contributed by atoms with Crippen LogP contribution in [0.4, 0.5) is 0 Å². The summed E-state index contributed by atoms with van der Waals surface area (Å²) in [7, 11) is 0. The van der Waals surface area contributed by atoms with Crippen LogP contribution in [0.15, 0.2) is 24.3 Å². The molecule has 19 heavy (non-hydrogen) atoms. The first-order chi connectivity index (χ1) is 9.33. The Labute approximate surface area is 113 Å². The summed E-state index contributed by atoms with van der Waals surface area (Å²) < 4.78 is 5.31. The average Bonchev–Trinajstić information content (AvgIpc) is 2.48. The molecule has 1 fully saturated rings. The van der Waals surface area contributed by atoms with Gasteiger partial charge in [0.1, 0.15) is 0 Å². The van der Waals surface area contributed by atoms with Crippen LogP contribution in [0.25, 0.3) is 0 Å². The molecule has 0 bridgehead atoms. The molecule has 0 saturated carbocycles. The van der Waals surface area contributed by atoms with Crippen molar-refractivity contribution in [1.29, 1.82) is 0 Å². The van der Waals surface area contributed by atoms with Crippen molar-refractivity contribution in [2.75, 3.05) is 13.2 Å². The Morgan fingerprint density at radius 1 is 1.21 bits per heavy atom. The Hall–Kier alpha value is -1.39. The van der Waals surface area contributed by atoms with Gasteiger partial charge in [0, 0.05) is 25.8 Å². The number of rotatable bonds is 2. The summed E-state index contributed by atoms with van der Waals surface area (Å²) in [6.07, 6.45) is 2.63. The Bertz CT molecular complexity index is 455. The zero-order chi connectivity index (χ0) is 13.1. The van der Waals surface area contributed by atoms with Crippen LogP contribution in [0, 0.1) is 0 Å². The van der Waals surface area contributed by atoms with Crippen LogP contribution in [-0.2, 0) is 22.5 Å². The normalized spacial score (nSPS) is 23.7. The van der Waals surface area contributed by atoms with Crippen LogP contribution in [-0.4, -0.2) is 31.2 Å². The predicted octanol–water partition coefficient (Wildman–Crippen LogP) is 0.996. The van der Waals surface area contributed by atoms with Gasteiger partial charge in [-0.25, -0.2) is 0 Å². The summed E-state index contributed by atoms with van der Waals surface area (Å²) in [6.45, 7) is 2.29. The van der Waals surface area contributed by atoms with Gasteiger partial charge in [-0.3, -0.25) is 4.79 Å². The molecule has 1 aromatic rings. The van der Waals surface area contributed by atoms with Gasteiger partial charge >= 0.3 is 0 Å². The minimum Gasteiger partial charge on any atom is -0.381 e. The second kappa shape index (κ2) is 5.72. The molecular weight excluding hydrogens is 240 g/mol. The fourth-order valence-corrected chi connectivity index (χ4v) is 2.78. The maximum atomic E-state index is 12.3. The number of hydrogen-bond acceptors (Lipinski definition) is 3. The van der Waals surface area contributed by atoms with Gasteiger partial charge in [0.2, 0.25) is 5.91 Å². The van der Waals surface area contributed by atoms with Gasteiger partial charge in [-0.1, -0.05) is 24.3 Å². The molecular formula is C15H20N2O2. The number of ether oxygens (including phenoxy) is 1. The van der Waals surface area contributed by atoms with Crippen molar-refractivity contribution in [2.24, 2.45) is 0 Å². The van der Waals surface area contributed by atoms with Gasteiger partial charge in [0.05, 0.1) is 6.04 Å². The Morgan fingerprint density at radius 3 is 2.74 bits per heavy atom. The molecule has 0 aromatic heterocycles. The smallest absolute Gasteiger partial charge is 0.237 e. The van der Waals surface area contributed by atoms with Gasteiger partial charge in [0.25, 0.3) is 0 Å². The first kappa shape index (κ1) is 12.6. The van der Waals surface area contributed by atoms with Gasteiger partial charge in [-0.05, 0) is 30.4 Å². The highest BCUT2D eigenvalue weighted by atomic mass is 16.5. The number of fused-ring (bicyclic) bond motifs is 1. The predicted molar refractivity (Wildman–Crippen MR) is 72.8 cm³/mol. The van der Waals surface area contributed by atoms with E-state index in [0.717, 1.165) is 39.0 Å². The number of nitrogens with one attached hydrogen (secondary N) is 2. The number of amides is 1. The lowest BCUT2D eigenvalue weighted by molar-refractivity contribution is -0.124. The lowest BCUT2D eigenvalue weighted by atomic mass is 9.95. The second-order valence-electron chi connectivity index (χ2n) is 5.30. The van der Waals surface area contributed by atoms with E-state index in [4.69, 9.17) is 4.74 Å². The van der Waals surface area contributed by atoms with E-state index < -0.39 is 0 Å². The van der Waals surface area contributed by atoms with Crippen LogP contribution in [0.5, 0.6) is 0 Å². The maximum Gasteiger partial charge on any atom is 0.237 e. The van der Waals surface area contributed by atoms with Crippen molar-refractivity contribution in [3.05, 3.63) is 35.4 Å². The molecule has 1 atom stereocenters. The van der Waals surface area contributed by atoms with E-state index >= 15 is 0 Å². The largest absolute Gasteiger partial charge is 0.381 e. The highest BCUT2D eigenvalue weighted by Crippen LogP contribution is 2.16. The second-order valence-corrected chi connectivity index (χ2v) is 5.30. The monoisotopic (exact) mass is 260 g/mol. The fraction of sp³-hybridized carbons (Fsp3) is 0.533. The molecule has 2 aliphatic heterocycles. The van der Waals surface area contributed by atoms with Gasteiger partial charge in [-0.2, -0.15) is 0 Å². The van der Waals surface area contributed by atoms with Crippen molar-refractivity contribution < 1.29 is 9.53 Å². The van der Waals surface area contributed by atoms with Crippen molar-refractivity contribution in [2.45, 2.75) is 37.9 Å². The van der Waals surface area contributed by atoms with Crippen LogP contribution in [0.3, 0.4) is 0 Å². The molecule has 0 aliphatic carbocycles. The van der Waals surface area contributed by atoms with Crippen LogP contribution in [0.1, 0.15) is 24.0 Å². The molecule has 0 spiro atoms. The van der Waals surface area contributed by atoms with Gasteiger partial charge in [-0.15, -0.1) is 0 Å². The molecule has 2 aliphatic rings. The van der Waals surface area contributed by atoms with E-state index in [1.54, 1.807) is 0 Å². The summed E-state index contributed by atoms with van der Waals surface area (Å²) >= 11 is 0. The van der Waals surface area contributed by atoms with E-state index in [1.165, 1.54) is 11.1 Å². The molecule has 1 aromatic carbocycles. The van der Waals surface area contributed by atoms with E-state index in [0.29, 0.717) is 0 Å². The fourth-order valence-electron chi connectivity index (χ4n) is 2.78. The van der Waals surface area contributed by atoms with Crippen LogP contribution >= 0.6 is 0 Å². The Kier molecular flexibility index (Phi) is 3.80. The molecule has 2 N–H and O–H groups in total. The Balaban J connectivity index is 1.59. The first-order valence-corrected chi connectivity index (χ1v) is 7.01. The number of carbonyl (C=O) groups excluding carboxylic acids is 1. The summed E-state index contributed by atoms with van der Waals surface area (Å²) in [6, 6.07) is 8.50. The van der Waals surface area contributed by atoms with E-state index in [1.807, 2.05) is 12.1 Å². The summed E-state index contributed by atoms with van der Waals surface area (Å²) in [5.74, 6) is 0.126. The zero-order valence-corrected chi connectivity index (χ0v) is 11.0. The van der Waals surface area contributed by atoms with Crippen LogP contribution < -0.4 is 10.6 Å². The molecule has 1 saturated heterocycles. The molecule has 1 amide bonds. The number of carbonyl (C=O) groups is 1. The van der Waals surface area contributed by atoms with Crippen LogP contribution in [0.2, 0.25) is 0 Å². The molecule has 2 heterocycles. The number of hydrogen-bond donors (Lipinski definition) is 2. The molecule has 3 rings (SSSR count). The SMILES string of the molecule is O=C(NC1CCOCC1)[C@H]1Cc2ccccc2CN1. The minimum atomic E-state index is -0.0993. The quantitative estimate of drug-likeness (QED) is 0.834. The van der Waals surface area contributed by atoms with E-state index in [-0.39, 0.29) is 18.0 Å². The lowest BCUT2D eigenvalue weighted by Gasteiger charge is -2.29. The summed E-state index contributed by atoms with van der Waals surface area (Å²) in [4.78, 5) is 12.3. The molecule has 0 radical (unpaired) electrons. The van der Waals surface area contributed by atoms with Gasteiger partial charge in [0.15, 0.2) is 0 Å². The summed E-state index contributed by atoms with van der Waals surface area (Å²) in [5.41, 5.74) is 2.59. The number of benzene rings is 1. The average molecular weight is 260 g/mol. The topological polar surface area (TPSA) is 50.4 Å². The third-order valence-electron chi connectivity index (χ3n) is 3.97. The van der Waals surface area contributed by atoms with E-state index in [2.05, 4.69) is 22.8 Å². The maximum absolute atomic E-state index is 12.3. The molecule has 4 nitrogen and oxygen atoms in total. The summed E-state index contributed by atoms with van der Waals surface area (Å²) in [5, 5.41) is 6.46. The molecule has 102 valence electrons. The zero-order valence-electron chi connectivity index (χ0n) is 11.0. The van der Waals surface area contributed by atoms with Crippen molar-refractivity contribution in [3.8, 4) is 0 Å². The minimum absolute atomic E-state index is 0.0993. The third kappa shape index (κ3) is 2.96.